The molecule has 1 aromatic heterocycles. The van der Waals surface area contributed by atoms with Crippen molar-refractivity contribution in [2.75, 3.05) is 13.2 Å². The van der Waals surface area contributed by atoms with Gasteiger partial charge in [-0.2, -0.15) is 0 Å². The van der Waals surface area contributed by atoms with Gasteiger partial charge in [0.1, 0.15) is 48.7 Å². The molecule has 0 bridgehead atoms. The highest BCUT2D eigenvalue weighted by Crippen LogP contribution is 2.11. The molecule has 63 heavy (non-hydrogen) atoms. The number of primary amides is 2. The van der Waals surface area contributed by atoms with Gasteiger partial charge in [-0.25, -0.2) is 9.78 Å². The van der Waals surface area contributed by atoms with Gasteiger partial charge in [-0.15, -0.1) is 0 Å². The van der Waals surface area contributed by atoms with Crippen molar-refractivity contribution >= 4 is 59.1 Å². The predicted octanol–water partition coefficient (Wildman–Crippen LogP) is -2.61. The number of esters is 1. The monoisotopic (exact) mass is 891 g/mol. The zero-order valence-electron chi connectivity index (χ0n) is 36.3. The predicted molar refractivity (Wildman–Crippen MR) is 224 cm³/mol. The Morgan fingerprint density at radius 2 is 1.33 bits per heavy atom. The van der Waals surface area contributed by atoms with Crippen molar-refractivity contribution in [3.05, 3.63) is 18.2 Å². The Labute approximate surface area is 365 Å². The fourth-order valence-corrected chi connectivity index (χ4v) is 6.35. The molecule has 2 heterocycles. The molecule has 9 amide bonds. The quantitative estimate of drug-likeness (QED) is 0.0336. The van der Waals surface area contributed by atoms with E-state index in [9.17, 15) is 53.1 Å². The molecule has 352 valence electrons. The van der Waals surface area contributed by atoms with E-state index < -0.39 is 121 Å². The third-order valence-electron chi connectivity index (χ3n) is 9.99. The van der Waals surface area contributed by atoms with Gasteiger partial charge in [-0.05, 0) is 33.1 Å². The fraction of sp³-hybridized carbons (Fsp3) is 0.675. The molecule has 1 aliphatic rings. The SMILES string of the molecule is CCCCCCCCCCCC(=O)N[C@@H](C(=O)NCC(=O)N[C@H](C)C(=O)N[C@@H]1COC(=O)[C@H](CCC(N)=O)NC(=O)[C@@H](CCC(N)=O)NC(=O)[C@H](Cc2ncc[nH]2)NC1=O)[C@H](C)O. The molecule has 1 saturated heterocycles. The summed E-state index contributed by atoms with van der Waals surface area (Å²) in [5.74, 6) is -8.57. The summed E-state index contributed by atoms with van der Waals surface area (Å²) >= 11 is 0. The van der Waals surface area contributed by atoms with Gasteiger partial charge in [0.25, 0.3) is 0 Å². The van der Waals surface area contributed by atoms with Crippen molar-refractivity contribution in [2.24, 2.45) is 11.5 Å². The summed E-state index contributed by atoms with van der Waals surface area (Å²) in [6, 6.07) is -8.90. The van der Waals surface area contributed by atoms with Crippen LogP contribution < -0.4 is 48.7 Å². The summed E-state index contributed by atoms with van der Waals surface area (Å²) in [4.78, 5) is 136. The highest BCUT2D eigenvalue weighted by Gasteiger charge is 2.35. The summed E-state index contributed by atoms with van der Waals surface area (Å²) in [5.41, 5.74) is 10.5. The highest BCUT2D eigenvalue weighted by molar-refractivity contribution is 5.97. The van der Waals surface area contributed by atoms with E-state index in [4.69, 9.17) is 16.2 Å². The number of carbonyl (C=O) groups is 10. The van der Waals surface area contributed by atoms with Crippen LogP contribution in [0, 0.1) is 0 Å². The molecular formula is C40H65N11O12. The van der Waals surface area contributed by atoms with Crippen molar-refractivity contribution in [1.82, 2.24) is 47.2 Å². The molecule has 23 nitrogen and oxygen atoms in total. The number of aromatic nitrogens is 2. The van der Waals surface area contributed by atoms with Crippen LogP contribution in [0.5, 0.6) is 0 Å². The average Bonchev–Trinajstić information content (AvgIpc) is 3.74. The number of nitrogens with zero attached hydrogens (tertiary/aromatic N) is 1. The van der Waals surface area contributed by atoms with E-state index in [0.29, 0.717) is 6.42 Å². The van der Waals surface area contributed by atoms with Gasteiger partial charge in [0.15, 0.2) is 0 Å². The summed E-state index contributed by atoms with van der Waals surface area (Å²) in [5, 5.41) is 27.0. The van der Waals surface area contributed by atoms with Gasteiger partial charge >= 0.3 is 5.97 Å². The Kier molecular flexibility index (Phi) is 24.0. The number of hydrogen-bond acceptors (Lipinski definition) is 13. The maximum Gasteiger partial charge on any atom is 0.328 e. The number of cyclic esters (lactones) is 1. The third-order valence-corrected chi connectivity index (χ3v) is 9.99. The molecule has 0 radical (unpaired) electrons. The van der Waals surface area contributed by atoms with Gasteiger partial charge in [0.2, 0.25) is 53.2 Å². The second-order valence-corrected chi connectivity index (χ2v) is 15.5. The minimum Gasteiger partial charge on any atom is -0.461 e. The molecule has 23 heteroatoms. The Bertz CT molecular complexity index is 1710. The molecule has 0 saturated carbocycles. The Balaban J connectivity index is 2.12. The largest absolute Gasteiger partial charge is 0.461 e. The topological polar surface area (TPSA) is 365 Å². The van der Waals surface area contributed by atoms with Crippen molar-refractivity contribution < 1.29 is 57.8 Å². The summed E-state index contributed by atoms with van der Waals surface area (Å²) < 4.78 is 5.32. The number of aromatic amines is 1. The number of rotatable bonds is 26. The van der Waals surface area contributed by atoms with Crippen LogP contribution in [-0.2, 0) is 59.1 Å². The summed E-state index contributed by atoms with van der Waals surface area (Å²) in [7, 11) is 0. The molecule has 1 fully saturated rings. The zero-order chi connectivity index (χ0) is 46.9. The molecule has 1 aliphatic heterocycles. The number of hydrogen-bond donors (Lipinski definition) is 11. The van der Waals surface area contributed by atoms with E-state index in [1.807, 2.05) is 0 Å². The Morgan fingerprint density at radius 3 is 1.92 bits per heavy atom. The number of H-pyrrole nitrogens is 1. The first kappa shape index (κ1) is 53.0. The van der Waals surface area contributed by atoms with Crippen molar-refractivity contribution in [1.29, 1.82) is 0 Å². The van der Waals surface area contributed by atoms with Crippen molar-refractivity contribution in [3.8, 4) is 0 Å². The minimum absolute atomic E-state index is 0.154. The van der Waals surface area contributed by atoms with Crippen molar-refractivity contribution in [2.45, 2.75) is 159 Å². The van der Waals surface area contributed by atoms with E-state index in [1.54, 1.807) is 0 Å². The maximum atomic E-state index is 13.7. The first-order valence-electron chi connectivity index (χ1n) is 21.4. The molecular weight excluding hydrogens is 827 g/mol. The molecule has 0 unspecified atom stereocenters. The zero-order valence-corrected chi connectivity index (χ0v) is 36.3. The molecule has 1 aromatic rings. The van der Waals surface area contributed by atoms with Crippen LogP contribution in [0.15, 0.2) is 12.4 Å². The lowest BCUT2D eigenvalue weighted by Gasteiger charge is -2.25. The van der Waals surface area contributed by atoms with Gasteiger partial charge in [-0.1, -0.05) is 58.3 Å². The van der Waals surface area contributed by atoms with E-state index in [-0.39, 0.29) is 37.9 Å². The first-order chi connectivity index (χ1) is 29.9. The van der Waals surface area contributed by atoms with Crippen LogP contribution in [-0.4, -0.2) is 130 Å². The molecule has 0 aliphatic carbocycles. The van der Waals surface area contributed by atoms with Crippen LogP contribution in [0.4, 0.5) is 0 Å². The number of imidazole rings is 1. The number of ether oxygens (including phenoxy) is 1. The standard InChI is InChI=1S/C40H65N11O12/c1-4-5-6-7-8-9-10-11-12-13-32(55)51-34(24(3)52)39(61)45-21-33(56)46-23(2)35(57)50-28-22-63-40(62)26(15-17-30(42)54)48-36(58)25(14-16-29(41)53)47-37(59)27(49-38(28)60)20-31-43-18-19-44-31/h18-19,23-28,34,52H,4-17,20-22H2,1-3H3,(H2,41,53)(H2,42,54)(H,43,44)(H,45,61)(H,46,56)(H,47,59)(H,48,58)(H,49,60)(H,50,57)(H,51,55)/t23-,24+,25-,26+,27+,28-,34-/m1/s1. The maximum absolute atomic E-state index is 13.7. The van der Waals surface area contributed by atoms with Gasteiger partial charge in [0.05, 0.1) is 12.6 Å². The van der Waals surface area contributed by atoms with Gasteiger partial charge in [0, 0.05) is 38.1 Å². The minimum atomic E-state index is -1.71. The second-order valence-electron chi connectivity index (χ2n) is 15.5. The number of nitrogens with one attached hydrogen (secondary N) is 8. The molecule has 7 atom stereocenters. The number of unbranched alkanes of at least 4 members (excludes halogenated alkanes) is 8. The van der Waals surface area contributed by atoms with Crippen LogP contribution in [0.1, 0.15) is 116 Å². The van der Waals surface area contributed by atoms with Crippen LogP contribution >= 0.6 is 0 Å². The first-order valence-corrected chi connectivity index (χ1v) is 21.4. The normalized spacial score (nSPS) is 19.7. The van der Waals surface area contributed by atoms with Crippen LogP contribution in [0.3, 0.4) is 0 Å². The molecule has 13 N–H and O–H groups in total. The third kappa shape index (κ3) is 21.0. The number of nitrogens with two attached hydrogens (primary N) is 2. The number of aliphatic hydroxyl groups excluding tert-OH is 1. The highest BCUT2D eigenvalue weighted by atomic mass is 16.5. The molecule has 0 spiro atoms. The number of amides is 9. The Morgan fingerprint density at radius 1 is 0.762 bits per heavy atom. The molecule has 0 aromatic carbocycles. The van der Waals surface area contributed by atoms with E-state index >= 15 is 0 Å². The number of aliphatic hydroxyl groups is 1. The van der Waals surface area contributed by atoms with Crippen molar-refractivity contribution in [3.63, 3.8) is 0 Å². The lowest BCUT2D eigenvalue weighted by Crippen LogP contribution is -2.59. The molecule has 2 rings (SSSR count). The van der Waals surface area contributed by atoms with E-state index in [1.165, 1.54) is 51.9 Å². The van der Waals surface area contributed by atoms with E-state index in [2.05, 4.69) is 54.1 Å². The Hall–Kier alpha value is -6.13. The van der Waals surface area contributed by atoms with E-state index in [0.717, 1.165) is 25.7 Å². The lowest BCUT2D eigenvalue weighted by atomic mass is 10.1. The fourth-order valence-electron chi connectivity index (χ4n) is 6.35. The summed E-state index contributed by atoms with van der Waals surface area (Å²) in [6.07, 6.45) is 9.50. The van der Waals surface area contributed by atoms with Crippen LogP contribution in [0.25, 0.3) is 0 Å². The average molecular weight is 892 g/mol. The van der Waals surface area contributed by atoms with Gasteiger partial charge < -0.3 is 63.5 Å². The van der Waals surface area contributed by atoms with Gasteiger partial charge in [-0.3, -0.25) is 43.2 Å². The lowest BCUT2D eigenvalue weighted by molar-refractivity contribution is -0.150. The summed E-state index contributed by atoms with van der Waals surface area (Å²) in [6.45, 7) is 3.19. The van der Waals surface area contributed by atoms with Crippen LogP contribution in [0.2, 0.25) is 0 Å². The smallest absolute Gasteiger partial charge is 0.328 e. The second kappa shape index (κ2) is 28.5. The number of carbonyl (C=O) groups excluding carboxylic acids is 10.